The van der Waals surface area contributed by atoms with Gasteiger partial charge in [-0.25, -0.2) is 5.01 Å². The van der Waals surface area contributed by atoms with Crippen molar-refractivity contribution in [2.24, 2.45) is 5.73 Å². The fourth-order valence-corrected chi connectivity index (χ4v) is 3.16. The molecule has 0 unspecified atom stereocenters. The van der Waals surface area contributed by atoms with Crippen LogP contribution in [0.5, 0.6) is 17.2 Å². The molecule has 2 rings (SSSR count). The summed E-state index contributed by atoms with van der Waals surface area (Å²) in [5.74, 6) is 1.39. The maximum Gasteiger partial charge on any atom is 0.209 e. The molecule has 182 valence electrons. The molecular weight excluding hydrogens is 424 g/mol. The highest BCUT2D eigenvalue weighted by Gasteiger charge is 2.15. The molecule has 11 heteroatoms. The van der Waals surface area contributed by atoms with Gasteiger partial charge >= 0.3 is 0 Å². The van der Waals surface area contributed by atoms with Crippen LogP contribution in [0, 0.1) is 5.41 Å². The molecule has 33 heavy (non-hydrogen) atoms. The Morgan fingerprint density at radius 1 is 1.03 bits per heavy atom. The third kappa shape index (κ3) is 7.59. The SMILES string of the molecule is CCN(CC)CCCOc1cc(NNNN(C(=N)N)c2ccc(N)cc2)cc(OC)c1OC. The summed E-state index contributed by atoms with van der Waals surface area (Å²) in [6.45, 7) is 7.82. The maximum atomic E-state index is 7.81. The van der Waals surface area contributed by atoms with E-state index in [2.05, 4.69) is 35.2 Å². The van der Waals surface area contributed by atoms with Crippen molar-refractivity contribution >= 4 is 23.0 Å². The van der Waals surface area contributed by atoms with Crippen molar-refractivity contribution < 1.29 is 14.2 Å². The quantitative estimate of drug-likeness (QED) is 0.0815. The van der Waals surface area contributed by atoms with Gasteiger partial charge in [-0.05, 0) is 43.8 Å². The Morgan fingerprint density at radius 3 is 2.27 bits per heavy atom. The van der Waals surface area contributed by atoms with Gasteiger partial charge in [0.1, 0.15) is 0 Å². The molecule has 0 bridgehead atoms. The third-order valence-electron chi connectivity index (χ3n) is 4.98. The molecular formula is C22H36N8O3. The van der Waals surface area contributed by atoms with Crippen LogP contribution in [0.2, 0.25) is 0 Å². The number of anilines is 3. The van der Waals surface area contributed by atoms with Crippen molar-refractivity contribution in [3.05, 3.63) is 36.4 Å². The number of hydrazine groups is 3. The summed E-state index contributed by atoms with van der Waals surface area (Å²) in [7, 11) is 3.14. The Morgan fingerprint density at radius 2 is 1.70 bits per heavy atom. The Balaban J connectivity index is 2.05. The Labute approximate surface area is 195 Å². The summed E-state index contributed by atoms with van der Waals surface area (Å²) < 4.78 is 17.0. The molecule has 0 radical (unpaired) electrons. The fraction of sp³-hybridized carbons (Fsp3) is 0.409. The van der Waals surface area contributed by atoms with Gasteiger partial charge in [-0.2, -0.15) is 5.53 Å². The monoisotopic (exact) mass is 460 g/mol. The number of ether oxygens (including phenoxy) is 3. The lowest BCUT2D eigenvalue weighted by atomic mass is 10.2. The van der Waals surface area contributed by atoms with Crippen LogP contribution in [0.3, 0.4) is 0 Å². The summed E-state index contributed by atoms with van der Waals surface area (Å²) in [5, 5.41) is 9.16. The van der Waals surface area contributed by atoms with E-state index < -0.39 is 0 Å². The van der Waals surface area contributed by atoms with E-state index >= 15 is 0 Å². The molecule has 0 heterocycles. The zero-order valence-corrected chi connectivity index (χ0v) is 19.8. The van der Waals surface area contributed by atoms with Gasteiger partial charge in [0.25, 0.3) is 0 Å². The lowest BCUT2D eigenvalue weighted by Gasteiger charge is -2.24. The second-order valence-corrected chi connectivity index (χ2v) is 7.11. The zero-order chi connectivity index (χ0) is 24.2. The molecule has 0 aromatic heterocycles. The minimum atomic E-state index is -0.210. The minimum absolute atomic E-state index is 0.210. The van der Waals surface area contributed by atoms with Crippen LogP contribution in [0.25, 0.3) is 0 Å². The summed E-state index contributed by atoms with van der Waals surface area (Å²) in [5.41, 5.74) is 22.0. The highest BCUT2D eigenvalue weighted by Crippen LogP contribution is 2.40. The van der Waals surface area contributed by atoms with E-state index in [-0.39, 0.29) is 5.96 Å². The molecule has 0 spiro atoms. The largest absolute Gasteiger partial charge is 0.493 e. The number of hydrogen-bond acceptors (Lipinski definition) is 9. The van der Waals surface area contributed by atoms with Crippen LogP contribution < -0.4 is 47.2 Å². The minimum Gasteiger partial charge on any atom is -0.493 e. The van der Waals surface area contributed by atoms with E-state index in [1.807, 2.05) is 0 Å². The Bertz CT molecular complexity index is 875. The smallest absolute Gasteiger partial charge is 0.209 e. The Kier molecular flexibility index (Phi) is 10.3. The lowest BCUT2D eigenvalue weighted by Crippen LogP contribution is -2.54. The topological polar surface area (TPSA) is 146 Å². The molecule has 11 nitrogen and oxygen atoms in total. The van der Waals surface area contributed by atoms with Gasteiger partial charge in [-0.15, -0.1) is 5.53 Å². The predicted molar refractivity (Wildman–Crippen MR) is 133 cm³/mol. The van der Waals surface area contributed by atoms with E-state index in [4.69, 9.17) is 31.1 Å². The van der Waals surface area contributed by atoms with Crippen LogP contribution in [0.4, 0.5) is 17.1 Å². The molecule has 0 amide bonds. The van der Waals surface area contributed by atoms with Crippen LogP contribution in [0.1, 0.15) is 20.3 Å². The van der Waals surface area contributed by atoms with Crippen LogP contribution in [-0.2, 0) is 0 Å². The standard InChI is InChI=1S/C22H36N8O3/c1-5-29(6-2)12-7-13-33-20-15-17(14-19(31-3)21(20)32-4)26-27-28-30(22(24)25)18-10-8-16(23)9-11-18/h8-11,14-15,26-28H,5-7,12-13,23H2,1-4H3,(H3,24,25). The number of nitrogens with two attached hydrogens (primary N) is 2. The van der Waals surface area contributed by atoms with E-state index in [0.29, 0.717) is 40.9 Å². The van der Waals surface area contributed by atoms with Gasteiger partial charge < -0.3 is 36.0 Å². The van der Waals surface area contributed by atoms with Crippen molar-refractivity contribution in [1.29, 1.82) is 5.41 Å². The van der Waals surface area contributed by atoms with E-state index in [0.717, 1.165) is 26.1 Å². The molecule has 0 saturated heterocycles. The molecule has 8 N–H and O–H groups in total. The zero-order valence-electron chi connectivity index (χ0n) is 19.8. The van der Waals surface area contributed by atoms with Gasteiger partial charge in [0.05, 0.1) is 32.2 Å². The highest BCUT2D eigenvalue weighted by molar-refractivity contribution is 5.91. The molecule has 2 aromatic carbocycles. The number of nitrogens with one attached hydrogen (secondary N) is 4. The number of hydrogen-bond donors (Lipinski definition) is 6. The molecule has 0 fully saturated rings. The number of nitrogens with zero attached hydrogens (tertiary/aromatic N) is 2. The lowest BCUT2D eigenvalue weighted by molar-refractivity contribution is 0.240. The van der Waals surface area contributed by atoms with Gasteiger partial charge in [-0.1, -0.05) is 13.8 Å². The normalized spacial score (nSPS) is 10.7. The first-order chi connectivity index (χ1) is 15.9. The summed E-state index contributed by atoms with van der Waals surface area (Å²) in [6.07, 6.45) is 0.889. The first-order valence-electron chi connectivity index (χ1n) is 10.8. The van der Waals surface area contributed by atoms with Gasteiger partial charge in [0.2, 0.25) is 11.7 Å². The number of nitrogen functional groups attached to an aromatic ring is 1. The maximum absolute atomic E-state index is 7.81. The third-order valence-corrected chi connectivity index (χ3v) is 4.98. The summed E-state index contributed by atoms with van der Waals surface area (Å²) in [6, 6.07) is 10.5. The van der Waals surface area contributed by atoms with Gasteiger partial charge in [-0.3, -0.25) is 5.41 Å². The van der Waals surface area contributed by atoms with Crippen LogP contribution >= 0.6 is 0 Å². The van der Waals surface area contributed by atoms with Gasteiger partial charge in [0, 0.05) is 24.4 Å². The number of benzene rings is 2. The van der Waals surface area contributed by atoms with Crippen molar-refractivity contribution in [2.75, 3.05) is 56.6 Å². The molecule has 2 aromatic rings. The average Bonchev–Trinajstić information content (AvgIpc) is 2.82. The van der Waals surface area contributed by atoms with Crippen molar-refractivity contribution in [3.63, 3.8) is 0 Å². The molecule has 0 aliphatic rings. The molecule has 0 aliphatic carbocycles. The average molecular weight is 461 g/mol. The van der Waals surface area contributed by atoms with Crippen molar-refractivity contribution in [3.8, 4) is 17.2 Å². The second kappa shape index (κ2) is 13.2. The Hall–Kier alpha value is -3.41. The number of guanidine groups is 1. The van der Waals surface area contributed by atoms with Crippen molar-refractivity contribution in [2.45, 2.75) is 20.3 Å². The van der Waals surface area contributed by atoms with Gasteiger partial charge in [0.15, 0.2) is 11.5 Å². The van der Waals surface area contributed by atoms with Crippen LogP contribution in [0.15, 0.2) is 36.4 Å². The number of methoxy groups -OCH3 is 2. The second-order valence-electron chi connectivity index (χ2n) is 7.11. The molecule has 0 aliphatic heterocycles. The fourth-order valence-electron chi connectivity index (χ4n) is 3.16. The first-order valence-corrected chi connectivity index (χ1v) is 10.8. The molecule has 0 atom stereocenters. The summed E-state index contributed by atoms with van der Waals surface area (Å²) in [4.78, 5) is 2.34. The predicted octanol–water partition coefficient (Wildman–Crippen LogP) is 2.13. The molecule has 0 saturated carbocycles. The van der Waals surface area contributed by atoms with Crippen LogP contribution in [-0.4, -0.2) is 51.3 Å². The summed E-state index contributed by atoms with van der Waals surface area (Å²) >= 11 is 0. The van der Waals surface area contributed by atoms with E-state index in [1.165, 1.54) is 5.01 Å². The van der Waals surface area contributed by atoms with Crippen molar-refractivity contribution in [1.82, 2.24) is 16.0 Å². The van der Waals surface area contributed by atoms with E-state index in [1.54, 1.807) is 50.6 Å². The number of rotatable bonds is 14. The first kappa shape index (κ1) is 25.8. The van der Waals surface area contributed by atoms with E-state index in [9.17, 15) is 0 Å². The highest BCUT2D eigenvalue weighted by atomic mass is 16.5.